The van der Waals surface area contributed by atoms with Crippen LogP contribution in [-0.4, -0.2) is 106 Å². The van der Waals surface area contributed by atoms with E-state index in [-0.39, 0.29) is 23.5 Å². The first-order chi connectivity index (χ1) is 25.8. The van der Waals surface area contributed by atoms with Gasteiger partial charge >= 0.3 is 12.1 Å². The molecular weight excluding hydrogens is 703 g/mol. The number of ether oxygens (including phenoxy) is 1. The van der Waals surface area contributed by atoms with Crippen LogP contribution in [0.5, 0.6) is 0 Å². The van der Waals surface area contributed by atoms with E-state index in [1.807, 2.05) is 45.0 Å². The molecule has 1 aromatic carbocycles. The Morgan fingerprint density at radius 2 is 1.69 bits per heavy atom. The molecule has 2 aromatic rings. The zero-order valence-electron chi connectivity index (χ0n) is 32.8. The minimum atomic E-state index is -0.618. The minimum Gasteiger partial charge on any atom is -0.481 e. The van der Waals surface area contributed by atoms with E-state index in [1.165, 1.54) is 50.8 Å². The third-order valence-corrected chi connectivity index (χ3v) is 12.6. The summed E-state index contributed by atoms with van der Waals surface area (Å²) in [5.41, 5.74) is 0.393. The number of carboxylic acids is 1. The van der Waals surface area contributed by atoms with Gasteiger partial charge in [-0.05, 0) is 117 Å². The number of unbranched alkanes of at least 4 members (excludes halogenated alkanes) is 3. The number of nitrogens with zero attached hydrogens (tertiary/aromatic N) is 5. The smallest absolute Gasteiger partial charge is 0.408 e. The molecule has 54 heavy (non-hydrogen) atoms. The lowest BCUT2D eigenvalue weighted by molar-refractivity contribution is -0.143. The molecule has 0 atom stereocenters. The number of benzene rings is 1. The van der Waals surface area contributed by atoms with E-state index in [4.69, 9.17) is 4.74 Å². The van der Waals surface area contributed by atoms with Crippen molar-refractivity contribution in [2.24, 2.45) is 11.3 Å². The van der Waals surface area contributed by atoms with Crippen molar-refractivity contribution in [2.45, 2.75) is 132 Å². The van der Waals surface area contributed by atoms with Crippen LogP contribution in [0.2, 0.25) is 0 Å². The Morgan fingerprint density at radius 1 is 0.944 bits per heavy atom. The Kier molecular flexibility index (Phi) is 13.1. The first kappa shape index (κ1) is 40.2. The van der Waals surface area contributed by atoms with Crippen molar-refractivity contribution in [3.05, 3.63) is 36.7 Å². The highest BCUT2D eigenvalue weighted by molar-refractivity contribution is 7.99. The fourth-order valence-electron chi connectivity index (χ4n) is 8.67. The highest BCUT2D eigenvalue weighted by atomic mass is 32.2. The third-order valence-electron chi connectivity index (χ3n) is 11.7. The van der Waals surface area contributed by atoms with E-state index in [9.17, 15) is 19.5 Å². The maximum absolute atomic E-state index is 12.7. The molecular formula is C41H61N7O5S. The molecule has 1 spiro atoms. The summed E-state index contributed by atoms with van der Waals surface area (Å²) in [5, 5.41) is 16.2. The monoisotopic (exact) mass is 763 g/mol. The number of carboxylic acid groups (broad SMARTS) is 1. The van der Waals surface area contributed by atoms with Crippen molar-refractivity contribution in [2.75, 3.05) is 56.0 Å². The molecule has 1 aromatic heterocycles. The highest BCUT2D eigenvalue weighted by Crippen LogP contribution is 2.42. The van der Waals surface area contributed by atoms with Crippen molar-refractivity contribution in [1.29, 1.82) is 0 Å². The molecule has 12 nitrogen and oxygen atoms in total. The number of hydrogen-bond acceptors (Lipinski definition) is 10. The van der Waals surface area contributed by atoms with Gasteiger partial charge in [0.1, 0.15) is 16.4 Å². The number of alkyl carbamates (subject to hydrolysis) is 1. The Bertz CT molecular complexity index is 1580. The quantitative estimate of drug-likeness (QED) is 0.171. The second-order valence-corrected chi connectivity index (χ2v) is 18.6. The van der Waals surface area contributed by atoms with Gasteiger partial charge in [-0.2, -0.15) is 0 Å². The summed E-state index contributed by atoms with van der Waals surface area (Å²) in [6.45, 7) is 15.1. The van der Waals surface area contributed by atoms with Crippen LogP contribution < -0.4 is 15.5 Å². The van der Waals surface area contributed by atoms with Gasteiger partial charge in [-0.3, -0.25) is 14.5 Å². The highest BCUT2D eigenvalue weighted by Gasteiger charge is 2.48. The van der Waals surface area contributed by atoms with Crippen LogP contribution in [0.25, 0.3) is 0 Å². The number of anilines is 2. The average Bonchev–Trinajstić information content (AvgIpc) is 3.55. The molecule has 6 rings (SSSR count). The summed E-state index contributed by atoms with van der Waals surface area (Å²) in [7, 11) is 0. The number of carbonyl (C=O) groups is 3. The maximum Gasteiger partial charge on any atom is 0.408 e. The van der Waals surface area contributed by atoms with Crippen LogP contribution in [0.15, 0.2) is 46.6 Å². The second kappa shape index (κ2) is 17.6. The number of nitrogens with one attached hydrogen (secondary N) is 2. The number of amides is 2. The van der Waals surface area contributed by atoms with Crippen molar-refractivity contribution >= 4 is 41.2 Å². The van der Waals surface area contributed by atoms with Gasteiger partial charge < -0.3 is 30.3 Å². The Balaban J connectivity index is 0.828. The fraction of sp³-hybridized carbons (Fsp3) is 0.683. The molecule has 3 aliphatic heterocycles. The number of aliphatic carboxylic acids is 1. The first-order valence-corrected chi connectivity index (χ1v) is 20.9. The average molecular weight is 764 g/mol. The Hall–Kier alpha value is -3.42. The number of carbonyl (C=O) groups excluding carboxylic acids is 2. The molecule has 4 heterocycles. The molecule has 4 fully saturated rings. The molecule has 0 unspecified atom stereocenters. The van der Waals surface area contributed by atoms with E-state index in [0.717, 1.165) is 98.8 Å². The lowest BCUT2D eigenvalue weighted by Gasteiger charge is -2.49. The summed E-state index contributed by atoms with van der Waals surface area (Å²) < 4.78 is 5.45. The molecule has 4 aliphatic rings. The van der Waals surface area contributed by atoms with Gasteiger partial charge in [-0.15, -0.1) is 0 Å². The molecule has 2 amide bonds. The van der Waals surface area contributed by atoms with Gasteiger partial charge in [0, 0.05) is 66.7 Å². The van der Waals surface area contributed by atoms with Gasteiger partial charge in [-0.1, -0.05) is 30.7 Å². The number of piperidine rings is 1. The van der Waals surface area contributed by atoms with Gasteiger partial charge in [0.25, 0.3) is 0 Å². The topological polar surface area (TPSA) is 140 Å². The zero-order chi connectivity index (χ0) is 38.3. The van der Waals surface area contributed by atoms with E-state index in [0.29, 0.717) is 17.9 Å². The van der Waals surface area contributed by atoms with Crippen molar-refractivity contribution in [1.82, 2.24) is 25.1 Å². The predicted molar refractivity (Wildman–Crippen MR) is 212 cm³/mol. The fourth-order valence-corrected chi connectivity index (χ4v) is 9.46. The van der Waals surface area contributed by atoms with Crippen LogP contribution in [0.1, 0.15) is 105 Å². The Morgan fingerprint density at radius 3 is 2.37 bits per heavy atom. The first-order valence-electron chi connectivity index (χ1n) is 20.1. The summed E-state index contributed by atoms with van der Waals surface area (Å²) in [4.78, 5) is 54.1. The summed E-state index contributed by atoms with van der Waals surface area (Å²) in [5.74, 6) is 0.115. The number of aromatic nitrogens is 2. The van der Waals surface area contributed by atoms with E-state index in [1.54, 1.807) is 12.4 Å². The third kappa shape index (κ3) is 11.3. The van der Waals surface area contributed by atoms with Crippen LogP contribution in [0.4, 0.5) is 16.3 Å². The van der Waals surface area contributed by atoms with Crippen molar-refractivity contribution < 1.29 is 24.2 Å². The van der Waals surface area contributed by atoms with Gasteiger partial charge in [0.15, 0.2) is 0 Å². The van der Waals surface area contributed by atoms with E-state index in [2.05, 4.69) is 42.2 Å². The molecule has 1 aliphatic carbocycles. The van der Waals surface area contributed by atoms with E-state index >= 15 is 0 Å². The lowest BCUT2D eigenvalue weighted by Crippen LogP contribution is -2.58. The largest absolute Gasteiger partial charge is 0.481 e. The van der Waals surface area contributed by atoms with Crippen LogP contribution >= 0.6 is 11.8 Å². The zero-order valence-corrected chi connectivity index (χ0v) is 33.6. The van der Waals surface area contributed by atoms with Gasteiger partial charge in [-0.25, -0.2) is 14.8 Å². The second-order valence-electron chi connectivity index (χ2n) is 17.5. The SMILES string of the molecule is CC1(NC(=O)OC(C)(C)C)CCN(c2cnc(Sc3cccc(NC(=O)CCCCCCN4CC5(CCN(C6CCC(C(=O)O)CC6)C5)C4)c3)cn2)CC1. The summed E-state index contributed by atoms with van der Waals surface area (Å²) in [6.07, 6.45) is 14.6. The molecule has 3 N–H and O–H groups in total. The molecule has 3 saturated heterocycles. The maximum atomic E-state index is 12.7. The van der Waals surface area contributed by atoms with Gasteiger partial charge in [0.05, 0.1) is 18.3 Å². The van der Waals surface area contributed by atoms with Crippen LogP contribution in [0.3, 0.4) is 0 Å². The molecule has 0 bridgehead atoms. The number of rotatable bonds is 14. The molecule has 13 heteroatoms. The Labute approximate surface area is 325 Å². The van der Waals surface area contributed by atoms with E-state index < -0.39 is 11.6 Å². The predicted octanol–water partition coefficient (Wildman–Crippen LogP) is 7.05. The number of likely N-dealkylation sites (tertiary alicyclic amines) is 2. The molecule has 1 saturated carbocycles. The number of hydrogen-bond donors (Lipinski definition) is 3. The van der Waals surface area contributed by atoms with Crippen molar-refractivity contribution in [3.63, 3.8) is 0 Å². The summed E-state index contributed by atoms with van der Waals surface area (Å²) in [6, 6.07) is 8.44. The van der Waals surface area contributed by atoms with Gasteiger partial charge in [0.2, 0.25) is 5.91 Å². The minimum absolute atomic E-state index is 0.0483. The van der Waals surface area contributed by atoms with Crippen LogP contribution in [0, 0.1) is 11.3 Å². The van der Waals surface area contributed by atoms with Crippen LogP contribution in [-0.2, 0) is 14.3 Å². The molecule has 296 valence electrons. The molecule has 0 radical (unpaired) electrons. The lowest BCUT2D eigenvalue weighted by atomic mass is 9.78. The normalized spacial score (nSPS) is 22.8. The van der Waals surface area contributed by atoms with Crippen molar-refractivity contribution in [3.8, 4) is 0 Å². The standard InChI is InChI=1S/C41H61N7O5S/c1-39(2,3)53-38(52)45-40(4)17-21-47(22-18-40)34-25-43-36(26-42-34)54-33-11-9-10-31(24-33)44-35(49)12-7-5-6-8-20-46-27-41(28-46)19-23-48(29-41)32-15-13-30(14-16-32)37(50)51/h9-11,24-26,30,32H,5-8,12-23,27-29H2,1-4H3,(H,44,49)(H,45,52)(H,50,51). The summed E-state index contributed by atoms with van der Waals surface area (Å²) >= 11 is 1.52.